The summed E-state index contributed by atoms with van der Waals surface area (Å²) in [4.78, 5) is 0. The Hall–Kier alpha value is -1.44. The van der Waals surface area contributed by atoms with Crippen molar-refractivity contribution in [3.8, 4) is 5.69 Å². The predicted molar refractivity (Wildman–Crippen MR) is 93.8 cm³/mol. The van der Waals surface area contributed by atoms with E-state index in [0.29, 0.717) is 5.03 Å². The molecule has 2 rings (SSSR count). The highest BCUT2D eigenvalue weighted by Crippen LogP contribution is 2.37. The summed E-state index contributed by atoms with van der Waals surface area (Å²) in [5.74, 6) is 0. The number of benzene rings is 1. The zero-order valence-corrected chi connectivity index (χ0v) is 15.6. The molecule has 0 radical (unpaired) electrons. The molecular formula is C15H24N4OSSi. The van der Waals surface area contributed by atoms with Gasteiger partial charge in [-0.15, -0.1) is 0 Å². The summed E-state index contributed by atoms with van der Waals surface area (Å²) >= 11 is 0. The molecule has 0 bridgehead atoms. The van der Waals surface area contributed by atoms with E-state index < -0.39 is 18.2 Å². The van der Waals surface area contributed by atoms with Crippen LogP contribution in [0, 0.1) is 0 Å². The lowest BCUT2D eigenvalue weighted by Crippen LogP contribution is -2.37. The van der Waals surface area contributed by atoms with Gasteiger partial charge in [0.1, 0.15) is 9.92 Å². The first-order chi connectivity index (χ1) is 10.0. The Morgan fingerprint density at radius 2 is 1.77 bits per heavy atom. The zero-order valence-electron chi connectivity index (χ0n) is 13.8. The zero-order chi connectivity index (χ0) is 16.6. The van der Waals surface area contributed by atoms with Crippen LogP contribution >= 0.6 is 0 Å². The minimum Gasteiger partial charge on any atom is -0.260 e. The van der Waals surface area contributed by atoms with E-state index in [1.165, 1.54) is 0 Å². The molecule has 2 N–H and O–H groups in total. The van der Waals surface area contributed by atoms with Crippen LogP contribution in [0.2, 0.25) is 18.1 Å². The predicted octanol–water partition coefficient (Wildman–Crippen LogP) is 3.58. The van der Waals surface area contributed by atoms with E-state index in [2.05, 4.69) is 43.0 Å². The van der Waals surface area contributed by atoms with Crippen LogP contribution in [0.3, 0.4) is 0 Å². The third kappa shape index (κ3) is 3.48. The molecule has 0 aliphatic rings. The maximum Gasteiger partial charge on any atom is 0.195 e. The highest BCUT2D eigenvalue weighted by Gasteiger charge is 2.37. The van der Waals surface area contributed by atoms with Gasteiger partial charge in [0.25, 0.3) is 0 Å². The van der Waals surface area contributed by atoms with Crippen LogP contribution in [-0.2, 0) is 9.92 Å². The fraction of sp³-hybridized carbons (Fsp3) is 0.400. The fourth-order valence-electron chi connectivity index (χ4n) is 1.71. The molecule has 0 fully saturated rings. The number of nitrogens with two attached hydrogens (primary N) is 1. The first kappa shape index (κ1) is 16.9. The van der Waals surface area contributed by atoms with E-state index in [-0.39, 0.29) is 5.04 Å². The summed E-state index contributed by atoms with van der Waals surface area (Å²) in [6.07, 6.45) is 1.76. The van der Waals surface area contributed by atoms with Crippen molar-refractivity contribution < 1.29 is 4.21 Å². The van der Waals surface area contributed by atoms with E-state index in [0.717, 1.165) is 5.69 Å². The fourth-order valence-corrected chi connectivity index (χ4v) is 6.35. The summed E-state index contributed by atoms with van der Waals surface area (Å²) in [7, 11) is -5.10. The minimum atomic E-state index is -2.98. The number of nitrogens with zero attached hydrogens (tertiary/aromatic N) is 3. The SMILES string of the molecule is CC(C)(C)[Si](C)(C)N=S(N)(=O)c1ccn(-c2ccccc2)n1. The molecule has 0 aliphatic heterocycles. The Bertz CT molecular complexity index is 768. The molecule has 0 spiro atoms. The van der Waals surface area contributed by atoms with Gasteiger partial charge in [-0.2, -0.15) is 5.10 Å². The molecule has 1 aromatic heterocycles. The van der Waals surface area contributed by atoms with Crippen LogP contribution in [0.25, 0.3) is 5.69 Å². The van der Waals surface area contributed by atoms with E-state index in [9.17, 15) is 4.21 Å². The van der Waals surface area contributed by atoms with Gasteiger partial charge in [-0.05, 0) is 36.3 Å². The Morgan fingerprint density at radius 3 is 2.32 bits per heavy atom. The van der Waals surface area contributed by atoms with Crippen LogP contribution < -0.4 is 5.14 Å². The molecule has 1 aromatic carbocycles. The summed E-state index contributed by atoms with van der Waals surface area (Å²) < 4.78 is 19.1. The monoisotopic (exact) mass is 336 g/mol. The third-order valence-electron chi connectivity index (χ3n) is 4.08. The van der Waals surface area contributed by atoms with Crippen molar-refractivity contribution in [2.24, 2.45) is 9.17 Å². The topological polar surface area (TPSA) is 73.3 Å². The first-order valence-electron chi connectivity index (χ1n) is 7.20. The van der Waals surface area contributed by atoms with Crippen molar-refractivity contribution in [1.29, 1.82) is 0 Å². The van der Waals surface area contributed by atoms with Crippen molar-refractivity contribution in [2.45, 2.75) is 43.9 Å². The van der Waals surface area contributed by atoms with Crippen molar-refractivity contribution in [2.75, 3.05) is 0 Å². The summed E-state index contributed by atoms with van der Waals surface area (Å²) in [6.45, 7) is 10.5. The minimum absolute atomic E-state index is 0.0168. The molecule has 0 aliphatic carbocycles. The van der Waals surface area contributed by atoms with Crippen LogP contribution in [0.15, 0.2) is 51.6 Å². The summed E-state index contributed by atoms with van der Waals surface area (Å²) in [5.41, 5.74) is 0.899. The van der Waals surface area contributed by atoms with Crippen molar-refractivity contribution >= 4 is 18.2 Å². The van der Waals surface area contributed by atoms with Gasteiger partial charge in [-0.3, -0.25) is 4.03 Å². The van der Waals surface area contributed by atoms with E-state index in [4.69, 9.17) is 5.14 Å². The second-order valence-electron chi connectivity index (χ2n) is 6.90. The maximum atomic E-state index is 12.9. The largest absolute Gasteiger partial charge is 0.260 e. The van der Waals surface area contributed by atoms with Crippen molar-refractivity contribution in [1.82, 2.24) is 9.78 Å². The highest BCUT2D eigenvalue weighted by molar-refractivity contribution is 7.92. The number of hydrogen-bond donors (Lipinski definition) is 1. The smallest absolute Gasteiger partial charge is 0.195 e. The van der Waals surface area contributed by atoms with Gasteiger partial charge < -0.3 is 0 Å². The molecule has 1 atom stereocenters. The quantitative estimate of drug-likeness (QED) is 0.870. The number of para-hydroxylation sites is 1. The van der Waals surface area contributed by atoms with Crippen LogP contribution in [-0.4, -0.2) is 22.2 Å². The molecule has 0 saturated heterocycles. The molecule has 0 saturated carbocycles. The lowest BCUT2D eigenvalue weighted by atomic mass is 10.2. The average molecular weight is 337 g/mol. The van der Waals surface area contributed by atoms with Gasteiger partial charge in [0.15, 0.2) is 13.3 Å². The lowest BCUT2D eigenvalue weighted by Gasteiger charge is -2.32. The summed E-state index contributed by atoms with van der Waals surface area (Å²) in [6, 6.07) is 11.3. The molecule has 120 valence electrons. The molecule has 7 heteroatoms. The standard InChI is InChI=1S/C15H24N4OSSi/c1-15(2,3)22(4,5)18-21(16,20)14-11-12-19(17-14)13-9-7-6-8-10-13/h6-12H,1-5H3,(H2,16,18,20). The summed E-state index contributed by atoms with van der Waals surface area (Å²) in [5, 5.41) is 10.7. The maximum absolute atomic E-state index is 12.9. The number of hydrogen-bond acceptors (Lipinski definition) is 3. The average Bonchev–Trinajstić information content (AvgIpc) is 2.87. The van der Waals surface area contributed by atoms with Crippen molar-refractivity contribution in [3.05, 3.63) is 42.6 Å². The van der Waals surface area contributed by atoms with Gasteiger partial charge in [0.05, 0.1) is 5.69 Å². The molecule has 2 aromatic rings. The normalized spacial score (nSPS) is 15.4. The molecule has 1 unspecified atom stereocenters. The molecule has 22 heavy (non-hydrogen) atoms. The Kier molecular flexibility index (Phi) is 4.34. The molecule has 0 amide bonds. The molecular weight excluding hydrogens is 312 g/mol. The highest BCUT2D eigenvalue weighted by atomic mass is 32.2. The number of aromatic nitrogens is 2. The Balaban J connectivity index is 2.44. The van der Waals surface area contributed by atoms with E-state index >= 15 is 0 Å². The third-order valence-corrected chi connectivity index (χ3v) is 11.5. The van der Waals surface area contributed by atoms with Gasteiger partial charge >= 0.3 is 0 Å². The second kappa shape index (κ2) is 5.64. The Morgan fingerprint density at radius 1 is 1.18 bits per heavy atom. The second-order valence-corrected chi connectivity index (χ2v) is 13.8. The van der Waals surface area contributed by atoms with Crippen LogP contribution in [0.5, 0.6) is 0 Å². The van der Waals surface area contributed by atoms with Crippen molar-refractivity contribution in [3.63, 3.8) is 0 Å². The van der Waals surface area contributed by atoms with Crippen LogP contribution in [0.4, 0.5) is 0 Å². The molecule has 5 nitrogen and oxygen atoms in total. The van der Waals surface area contributed by atoms with E-state index in [1.807, 2.05) is 30.3 Å². The number of rotatable bonds is 3. The van der Waals surface area contributed by atoms with Crippen LogP contribution in [0.1, 0.15) is 20.8 Å². The van der Waals surface area contributed by atoms with Gasteiger partial charge in [0.2, 0.25) is 0 Å². The molecule has 1 heterocycles. The van der Waals surface area contributed by atoms with E-state index in [1.54, 1.807) is 16.9 Å². The van der Waals surface area contributed by atoms with Gasteiger partial charge in [-0.25, -0.2) is 14.0 Å². The first-order valence-corrected chi connectivity index (χ1v) is 11.7. The Labute approximate surface area is 134 Å². The van der Waals surface area contributed by atoms with Gasteiger partial charge in [0, 0.05) is 6.20 Å². The van der Waals surface area contributed by atoms with Gasteiger partial charge in [-0.1, -0.05) is 39.0 Å². The lowest BCUT2D eigenvalue weighted by molar-refractivity contribution is 0.670.